The van der Waals surface area contributed by atoms with E-state index < -0.39 is 5.60 Å². The zero-order chi connectivity index (χ0) is 12.3. The first-order valence-corrected chi connectivity index (χ1v) is 6.65. The number of anilines is 1. The smallest absolute Gasteiger partial charge is 0.145 e. The van der Waals surface area contributed by atoms with Crippen molar-refractivity contribution in [2.24, 2.45) is 0 Å². The third-order valence-corrected chi connectivity index (χ3v) is 3.73. The van der Waals surface area contributed by atoms with E-state index >= 15 is 0 Å². The normalized spacial score (nSPS) is 19.0. The van der Waals surface area contributed by atoms with Crippen LogP contribution in [0.3, 0.4) is 0 Å². The molecule has 0 radical (unpaired) electrons. The van der Waals surface area contributed by atoms with E-state index in [1.807, 2.05) is 11.9 Å². The molecule has 5 nitrogen and oxygen atoms in total. The lowest BCUT2D eigenvalue weighted by atomic mass is 9.94. The van der Waals surface area contributed by atoms with Crippen molar-refractivity contribution >= 4 is 28.4 Å². The van der Waals surface area contributed by atoms with E-state index in [0.717, 1.165) is 9.39 Å². The van der Waals surface area contributed by atoms with Gasteiger partial charge in [-0.3, -0.25) is 0 Å². The van der Waals surface area contributed by atoms with Crippen LogP contribution in [0.25, 0.3) is 0 Å². The monoisotopic (exact) mass is 349 g/mol. The van der Waals surface area contributed by atoms with Gasteiger partial charge in [0, 0.05) is 45.8 Å². The van der Waals surface area contributed by atoms with Crippen LogP contribution in [0.15, 0.2) is 12.5 Å². The molecule has 0 amide bonds. The Morgan fingerprint density at radius 1 is 1.53 bits per heavy atom. The first-order chi connectivity index (χ1) is 8.11. The van der Waals surface area contributed by atoms with Crippen molar-refractivity contribution in [2.45, 2.75) is 18.4 Å². The number of aromatic nitrogens is 2. The van der Waals surface area contributed by atoms with Crippen molar-refractivity contribution in [2.75, 3.05) is 31.7 Å². The Balaban J connectivity index is 2.06. The predicted octanol–water partition coefficient (Wildman–Crippen LogP) is 1.06. The molecule has 1 aromatic rings. The van der Waals surface area contributed by atoms with Crippen LogP contribution in [-0.4, -0.2) is 47.5 Å². The average molecular weight is 349 g/mol. The molecule has 17 heavy (non-hydrogen) atoms. The molecule has 0 atom stereocenters. The van der Waals surface area contributed by atoms with Crippen LogP contribution in [0, 0.1) is 3.57 Å². The van der Waals surface area contributed by atoms with Gasteiger partial charge < -0.3 is 14.7 Å². The molecule has 0 aromatic carbocycles. The summed E-state index contributed by atoms with van der Waals surface area (Å²) in [5, 5.41) is 10.4. The fraction of sp³-hybridized carbons (Fsp3) is 0.636. The third kappa shape index (κ3) is 3.26. The van der Waals surface area contributed by atoms with E-state index in [1.54, 1.807) is 6.20 Å². The highest BCUT2D eigenvalue weighted by atomic mass is 127. The zero-order valence-corrected chi connectivity index (χ0v) is 11.9. The van der Waals surface area contributed by atoms with E-state index in [-0.39, 0.29) is 0 Å². The van der Waals surface area contributed by atoms with Gasteiger partial charge in [0.1, 0.15) is 12.1 Å². The average Bonchev–Trinajstić information content (AvgIpc) is 2.29. The number of ether oxygens (including phenoxy) is 1. The number of hydrogen-bond acceptors (Lipinski definition) is 5. The Labute approximate surface area is 114 Å². The van der Waals surface area contributed by atoms with Gasteiger partial charge in [0.25, 0.3) is 0 Å². The van der Waals surface area contributed by atoms with E-state index in [2.05, 4.69) is 32.6 Å². The van der Waals surface area contributed by atoms with Crippen molar-refractivity contribution in [1.82, 2.24) is 9.97 Å². The Bertz CT molecular complexity index is 383. The Morgan fingerprint density at radius 3 is 2.88 bits per heavy atom. The largest absolute Gasteiger partial charge is 0.388 e. The summed E-state index contributed by atoms with van der Waals surface area (Å²) in [5.74, 6) is 0.862. The van der Waals surface area contributed by atoms with Gasteiger partial charge in [-0.2, -0.15) is 0 Å². The summed E-state index contributed by atoms with van der Waals surface area (Å²) in [5.41, 5.74) is -0.666. The quantitative estimate of drug-likeness (QED) is 0.827. The molecular formula is C11H16IN3O2. The van der Waals surface area contributed by atoms with Gasteiger partial charge in [0.15, 0.2) is 0 Å². The van der Waals surface area contributed by atoms with Crippen LogP contribution in [0.2, 0.25) is 0 Å². The maximum atomic E-state index is 10.4. The van der Waals surface area contributed by atoms with Gasteiger partial charge in [-0.05, 0) is 22.6 Å². The highest BCUT2D eigenvalue weighted by molar-refractivity contribution is 14.1. The second kappa shape index (κ2) is 5.45. The second-order valence-electron chi connectivity index (χ2n) is 4.39. The molecule has 1 aliphatic heterocycles. The number of likely N-dealkylation sites (N-methyl/N-ethyl adjacent to an activating group) is 1. The summed E-state index contributed by atoms with van der Waals surface area (Å²) in [6.45, 7) is 1.83. The summed E-state index contributed by atoms with van der Waals surface area (Å²) in [6.07, 6.45) is 4.66. The molecule has 1 aromatic heterocycles. The molecular weight excluding hydrogens is 333 g/mol. The first-order valence-electron chi connectivity index (χ1n) is 5.57. The van der Waals surface area contributed by atoms with E-state index in [9.17, 15) is 5.11 Å². The van der Waals surface area contributed by atoms with Crippen molar-refractivity contribution in [3.63, 3.8) is 0 Å². The number of halogens is 1. The van der Waals surface area contributed by atoms with E-state index in [4.69, 9.17) is 4.74 Å². The van der Waals surface area contributed by atoms with Crippen LogP contribution >= 0.6 is 22.6 Å². The number of nitrogens with zero attached hydrogens (tertiary/aromatic N) is 3. The lowest BCUT2D eigenvalue weighted by Gasteiger charge is -2.35. The van der Waals surface area contributed by atoms with Crippen molar-refractivity contribution in [3.8, 4) is 0 Å². The van der Waals surface area contributed by atoms with Gasteiger partial charge in [-0.15, -0.1) is 0 Å². The zero-order valence-electron chi connectivity index (χ0n) is 9.77. The molecule has 1 N–H and O–H groups in total. The molecule has 2 heterocycles. The lowest BCUT2D eigenvalue weighted by molar-refractivity contribution is -0.0573. The molecule has 1 fully saturated rings. The first kappa shape index (κ1) is 13.0. The summed E-state index contributed by atoms with van der Waals surface area (Å²) in [4.78, 5) is 10.2. The van der Waals surface area contributed by atoms with Crippen molar-refractivity contribution in [3.05, 3.63) is 16.1 Å². The molecule has 0 saturated carbocycles. The minimum atomic E-state index is -0.666. The topological polar surface area (TPSA) is 58.5 Å². The van der Waals surface area contributed by atoms with Crippen LogP contribution in [-0.2, 0) is 4.74 Å². The van der Waals surface area contributed by atoms with Gasteiger partial charge in [0.2, 0.25) is 0 Å². The number of rotatable bonds is 3. The van der Waals surface area contributed by atoms with Crippen LogP contribution in [0.1, 0.15) is 12.8 Å². The minimum absolute atomic E-state index is 0.573. The summed E-state index contributed by atoms with van der Waals surface area (Å²) >= 11 is 2.20. The van der Waals surface area contributed by atoms with Gasteiger partial charge in [0.05, 0.1) is 9.17 Å². The van der Waals surface area contributed by atoms with Crippen LogP contribution in [0.4, 0.5) is 5.82 Å². The van der Waals surface area contributed by atoms with Crippen molar-refractivity contribution in [1.29, 1.82) is 0 Å². The molecule has 94 valence electrons. The van der Waals surface area contributed by atoms with Crippen molar-refractivity contribution < 1.29 is 9.84 Å². The molecule has 1 saturated heterocycles. The third-order valence-electron chi connectivity index (χ3n) is 2.96. The molecule has 0 bridgehead atoms. The Kier molecular flexibility index (Phi) is 4.16. The highest BCUT2D eigenvalue weighted by Crippen LogP contribution is 2.24. The summed E-state index contributed by atoms with van der Waals surface area (Å²) < 4.78 is 6.26. The predicted molar refractivity (Wildman–Crippen MR) is 73.0 cm³/mol. The van der Waals surface area contributed by atoms with Gasteiger partial charge in [-0.25, -0.2) is 9.97 Å². The molecule has 0 spiro atoms. The van der Waals surface area contributed by atoms with Crippen LogP contribution < -0.4 is 4.90 Å². The minimum Gasteiger partial charge on any atom is -0.388 e. The maximum absolute atomic E-state index is 10.4. The SMILES string of the molecule is CN(CC1(O)CCOCC1)c1ncncc1I. The lowest BCUT2D eigenvalue weighted by Crippen LogP contribution is -2.46. The number of aliphatic hydroxyl groups is 1. The Hall–Kier alpha value is -0.470. The molecule has 0 unspecified atom stereocenters. The molecule has 6 heteroatoms. The van der Waals surface area contributed by atoms with Gasteiger partial charge in [-0.1, -0.05) is 0 Å². The fourth-order valence-electron chi connectivity index (χ4n) is 2.01. The number of hydrogen-bond donors (Lipinski definition) is 1. The standard InChI is InChI=1S/C11H16IN3O2/c1-15(10-9(12)6-13-8-14-10)7-11(16)2-4-17-5-3-11/h6,8,16H,2-5,7H2,1H3. The molecule has 0 aliphatic carbocycles. The highest BCUT2D eigenvalue weighted by Gasteiger charge is 2.31. The maximum Gasteiger partial charge on any atom is 0.145 e. The summed E-state index contributed by atoms with van der Waals surface area (Å²) in [6, 6.07) is 0. The van der Waals surface area contributed by atoms with Crippen LogP contribution in [0.5, 0.6) is 0 Å². The molecule has 2 rings (SSSR count). The van der Waals surface area contributed by atoms with E-state index in [1.165, 1.54) is 6.33 Å². The fourth-order valence-corrected chi connectivity index (χ4v) is 2.72. The summed E-state index contributed by atoms with van der Waals surface area (Å²) in [7, 11) is 1.94. The molecule has 1 aliphatic rings. The second-order valence-corrected chi connectivity index (χ2v) is 5.55. The van der Waals surface area contributed by atoms with E-state index in [0.29, 0.717) is 32.6 Å². The van der Waals surface area contributed by atoms with Gasteiger partial charge >= 0.3 is 0 Å². The Morgan fingerprint density at radius 2 is 2.24 bits per heavy atom.